The van der Waals surface area contributed by atoms with Gasteiger partial charge in [-0.2, -0.15) is 0 Å². The largest absolute Gasteiger partial charge is 0.361 e. The standard InChI is InChI=1S/C14H17N5O4/c1-8(13-9(2)18-23-10(13)3)6-16-14(20)17-11-4-5-15-7-12(11)19(21)22/h4-5,7-8H,6H2,1-3H3,(H2,15,16,17,20)/t8-/m0/s1. The fourth-order valence-corrected chi connectivity index (χ4v) is 2.35. The maximum Gasteiger partial charge on any atom is 0.319 e. The summed E-state index contributed by atoms with van der Waals surface area (Å²) in [7, 11) is 0. The predicted octanol–water partition coefficient (Wildman–Crippen LogP) is 2.52. The summed E-state index contributed by atoms with van der Waals surface area (Å²) in [5.74, 6) is 0.710. The lowest BCUT2D eigenvalue weighted by atomic mass is 10.00. The van der Waals surface area contributed by atoms with Crippen LogP contribution in [0.5, 0.6) is 0 Å². The number of nitrogens with one attached hydrogen (secondary N) is 2. The molecule has 9 nitrogen and oxygen atoms in total. The fourth-order valence-electron chi connectivity index (χ4n) is 2.35. The van der Waals surface area contributed by atoms with Gasteiger partial charge in [-0.25, -0.2) is 4.79 Å². The van der Waals surface area contributed by atoms with Crippen LogP contribution in [0.2, 0.25) is 0 Å². The van der Waals surface area contributed by atoms with Crippen LogP contribution < -0.4 is 10.6 Å². The van der Waals surface area contributed by atoms with Crippen LogP contribution in [-0.4, -0.2) is 27.6 Å². The molecule has 2 amide bonds. The molecular formula is C14H17N5O4. The van der Waals surface area contributed by atoms with E-state index in [9.17, 15) is 14.9 Å². The molecule has 2 heterocycles. The Labute approximate surface area is 132 Å². The van der Waals surface area contributed by atoms with Gasteiger partial charge >= 0.3 is 11.7 Å². The van der Waals surface area contributed by atoms with Gasteiger partial charge in [0.15, 0.2) is 0 Å². The molecule has 0 radical (unpaired) electrons. The van der Waals surface area contributed by atoms with E-state index >= 15 is 0 Å². The molecule has 0 aliphatic rings. The zero-order chi connectivity index (χ0) is 17.0. The van der Waals surface area contributed by atoms with Gasteiger partial charge in [-0.3, -0.25) is 15.1 Å². The molecule has 0 fully saturated rings. The Kier molecular flexibility index (Phi) is 4.89. The van der Waals surface area contributed by atoms with Crippen LogP contribution in [0.25, 0.3) is 0 Å². The summed E-state index contributed by atoms with van der Waals surface area (Å²) in [5, 5.41) is 19.9. The lowest BCUT2D eigenvalue weighted by molar-refractivity contribution is -0.384. The topological polar surface area (TPSA) is 123 Å². The number of rotatable bonds is 5. The lowest BCUT2D eigenvalue weighted by Crippen LogP contribution is -2.32. The van der Waals surface area contributed by atoms with E-state index in [1.165, 1.54) is 12.3 Å². The quantitative estimate of drug-likeness (QED) is 0.644. The molecule has 0 spiro atoms. The van der Waals surface area contributed by atoms with Crippen molar-refractivity contribution in [2.75, 3.05) is 11.9 Å². The number of nitrogens with zero attached hydrogens (tertiary/aromatic N) is 3. The maximum absolute atomic E-state index is 11.9. The molecule has 2 rings (SSSR count). The van der Waals surface area contributed by atoms with E-state index in [1.54, 1.807) is 0 Å². The van der Waals surface area contributed by atoms with Gasteiger partial charge < -0.3 is 15.2 Å². The van der Waals surface area contributed by atoms with Gasteiger partial charge in [-0.05, 0) is 19.9 Å². The predicted molar refractivity (Wildman–Crippen MR) is 82.3 cm³/mol. The molecule has 0 unspecified atom stereocenters. The third kappa shape index (κ3) is 3.82. The molecule has 0 aliphatic heterocycles. The number of urea groups is 1. The Balaban J connectivity index is 1.97. The minimum absolute atomic E-state index is 0.000532. The molecule has 0 aliphatic carbocycles. The summed E-state index contributed by atoms with van der Waals surface area (Å²) in [5.41, 5.74) is 1.55. The van der Waals surface area contributed by atoms with Gasteiger partial charge in [-0.1, -0.05) is 12.1 Å². The fraction of sp³-hybridized carbons (Fsp3) is 0.357. The molecule has 23 heavy (non-hydrogen) atoms. The van der Waals surface area contributed by atoms with Crippen LogP contribution in [0, 0.1) is 24.0 Å². The van der Waals surface area contributed by atoms with Crippen LogP contribution in [0.3, 0.4) is 0 Å². The summed E-state index contributed by atoms with van der Waals surface area (Å²) in [6.07, 6.45) is 2.46. The first-order valence-electron chi connectivity index (χ1n) is 6.96. The first-order valence-corrected chi connectivity index (χ1v) is 6.96. The molecule has 1 atom stereocenters. The van der Waals surface area contributed by atoms with E-state index in [4.69, 9.17) is 4.52 Å². The number of anilines is 1. The highest BCUT2D eigenvalue weighted by atomic mass is 16.6. The van der Waals surface area contributed by atoms with Crippen molar-refractivity contribution < 1.29 is 14.2 Å². The number of carbonyl (C=O) groups excluding carboxylic acids is 1. The number of pyridine rings is 1. The zero-order valence-electron chi connectivity index (χ0n) is 13.0. The van der Waals surface area contributed by atoms with Crippen LogP contribution in [-0.2, 0) is 0 Å². The highest BCUT2D eigenvalue weighted by Crippen LogP contribution is 2.23. The van der Waals surface area contributed by atoms with Crippen LogP contribution in [0.1, 0.15) is 29.9 Å². The Morgan fingerprint density at radius 2 is 2.22 bits per heavy atom. The number of carbonyl (C=O) groups is 1. The second kappa shape index (κ2) is 6.86. The van der Waals surface area contributed by atoms with Crippen molar-refractivity contribution in [3.63, 3.8) is 0 Å². The van der Waals surface area contributed by atoms with Crippen molar-refractivity contribution >= 4 is 17.4 Å². The van der Waals surface area contributed by atoms with Crippen LogP contribution in [0.15, 0.2) is 23.0 Å². The number of hydrogen-bond acceptors (Lipinski definition) is 6. The SMILES string of the molecule is Cc1noc(C)c1[C@@H](C)CNC(=O)Nc1ccncc1[N+](=O)[O-]. The Morgan fingerprint density at radius 3 is 2.83 bits per heavy atom. The number of aryl methyl sites for hydroxylation is 2. The van der Waals surface area contributed by atoms with Gasteiger partial charge in [0.25, 0.3) is 0 Å². The van der Waals surface area contributed by atoms with Gasteiger partial charge in [0.05, 0.1) is 10.6 Å². The van der Waals surface area contributed by atoms with E-state index in [1.807, 2.05) is 20.8 Å². The van der Waals surface area contributed by atoms with Gasteiger partial charge in [0.1, 0.15) is 17.6 Å². The van der Waals surface area contributed by atoms with Crippen molar-refractivity contribution in [3.8, 4) is 0 Å². The monoisotopic (exact) mass is 319 g/mol. The molecule has 122 valence electrons. The smallest absolute Gasteiger partial charge is 0.319 e. The van der Waals surface area contributed by atoms with E-state index in [0.29, 0.717) is 12.3 Å². The number of aromatic nitrogens is 2. The van der Waals surface area contributed by atoms with Crippen molar-refractivity contribution in [2.45, 2.75) is 26.7 Å². The number of amides is 2. The average Bonchev–Trinajstić information content (AvgIpc) is 2.84. The molecule has 9 heteroatoms. The molecule has 2 aromatic rings. The molecule has 2 aromatic heterocycles. The second-order valence-corrected chi connectivity index (χ2v) is 5.12. The van der Waals surface area contributed by atoms with Crippen LogP contribution in [0.4, 0.5) is 16.2 Å². The normalized spacial score (nSPS) is 11.8. The Bertz CT molecular complexity index is 708. The first kappa shape index (κ1) is 16.4. The zero-order valence-corrected chi connectivity index (χ0v) is 13.0. The molecular weight excluding hydrogens is 302 g/mol. The van der Waals surface area contributed by atoms with Crippen molar-refractivity contribution in [2.24, 2.45) is 0 Å². The van der Waals surface area contributed by atoms with E-state index < -0.39 is 11.0 Å². The average molecular weight is 319 g/mol. The minimum Gasteiger partial charge on any atom is -0.361 e. The summed E-state index contributed by atoms with van der Waals surface area (Å²) in [6, 6.07) is 0.841. The van der Waals surface area contributed by atoms with Gasteiger partial charge in [-0.15, -0.1) is 0 Å². The first-order chi connectivity index (χ1) is 10.9. The molecule has 0 aromatic carbocycles. The van der Waals surface area contributed by atoms with E-state index in [-0.39, 0.29) is 17.3 Å². The van der Waals surface area contributed by atoms with E-state index in [0.717, 1.165) is 17.5 Å². The number of hydrogen-bond donors (Lipinski definition) is 2. The number of nitro groups is 1. The third-order valence-electron chi connectivity index (χ3n) is 3.40. The molecule has 0 bridgehead atoms. The summed E-state index contributed by atoms with van der Waals surface area (Å²) < 4.78 is 5.10. The lowest BCUT2D eigenvalue weighted by Gasteiger charge is -2.13. The van der Waals surface area contributed by atoms with Gasteiger partial charge in [0.2, 0.25) is 0 Å². The summed E-state index contributed by atoms with van der Waals surface area (Å²) in [6.45, 7) is 5.92. The molecule has 0 saturated heterocycles. The summed E-state index contributed by atoms with van der Waals surface area (Å²) >= 11 is 0. The second-order valence-electron chi connectivity index (χ2n) is 5.12. The van der Waals surface area contributed by atoms with E-state index in [2.05, 4.69) is 20.8 Å². The third-order valence-corrected chi connectivity index (χ3v) is 3.40. The van der Waals surface area contributed by atoms with Crippen molar-refractivity contribution in [1.29, 1.82) is 0 Å². The van der Waals surface area contributed by atoms with Crippen LogP contribution >= 0.6 is 0 Å². The highest BCUT2D eigenvalue weighted by Gasteiger charge is 2.19. The summed E-state index contributed by atoms with van der Waals surface area (Å²) in [4.78, 5) is 25.9. The van der Waals surface area contributed by atoms with Crippen molar-refractivity contribution in [1.82, 2.24) is 15.5 Å². The molecule has 2 N–H and O–H groups in total. The van der Waals surface area contributed by atoms with Gasteiger partial charge in [0, 0.05) is 24.2 Å². The Morgan fingerprint density at radius 1 is 1.48 bits per heavy atom. The van der Waals surface area contributed by atoms with Crippen molar-refractivity contribution in [3.05, 3.63) is 45.6 Å². The molecule has 0 saturated carbocycles. The minimum atomic E-state index is -0.602. The Hall–Kier alpha value is -2.97. The maximum atomic E-state index is 11.9. The highest BCUT2D eigenvalue weighted by molar-refractivity contribution is 5.91.